The molecule has 0 aromatic rings. The number of likely N-dealkylation sites (N-methyl/N-ethyl adjacent to an activating group) is 1. The maximum absolute atomic E-state index is 11.5. The highest BCUT2D eigenvalue weighted by Gasteiger charge is 2.29. The van der Waals surface area contributed by atoms with Crippen LogP contribution in [-0.2, 0) is 9.53 Å². The Morgan fingerprint density at radius 2 is 2.23 bits per heavy atom. The van der Waals surface area contributed by atoms with E-state index < -0.39 is 0 Å². The summed E-state index contributed by atoms with van der Waals surface area (Å²) in [5.74, 6) is 0.646. The lowest BCUT2D eigenvalue weighted by Crippen LogP contribution is -2.45. The van der Waals surface area contributed by atoms with Crippen molar-refractivity contribution in [3.05, 3.63) is 0 Å². The van der Waals surface area contributed by atoms with Gasteiger partial charge in [0.25, 0.3) is 0 Å². The first-order valence-electron chi connectivity index (χ1n) is 5.02. The van der Waals surface area contributed by atoms with Gasteiger partial charge in [-0.05, 0) is 32.7 Å². The van der Waals surface area contributed by atoms with Crippen LogP contribution in [0, 0.1) is 5.92 Å². The van der Waals surface area contributed by atoms with Gasteiger partial charge in [-0.3, -0.25) is 9.69 Å². The predicted molar refractivity (Wildman–Crippen MR) is 51.4 cm³/mol. The van der Waals surface area contributed by atoms with Gasteiger partial charge >= 0.3 is 5.97 Å². The highest BCUT2D eigenvalue weighted by Crippen LogP contribution is 2.20. The summed E-state index contributed by atoms with van der Waals surface area (Å²) in [6.07, 6.45) is 2.07. The van der Waals surface area contributed by atoms with Crippen LogP contribution >= 0.6 is 0 Å². The Morgan fingerprint density at radius 1 is 1.54 bits per heavy atom. The third kappa shape index (κ3) is 2.69. The SMILES string of the molecule is CCOC(=O)C1CCC(C)CN1C. The summed E-state index contributed by atoms with van der Waals surface area (Å²) in [6, 6.07) is -0.00356. The molecule has 13 heavy (non-hydrogen) atoms. The van der Waals surface area contributed by atoms with E-state index in [1.54, 1.807) is 0 Å². The summed E-state index contributed by atoms with van der Waals surface area (Å²) in [7, 11) is 2.00. The van der Waals surface area contributed by atoms with Crippen molar-refractivity contribution < 1.29 is 9.53 Å². The lowest BCUT2D eigenvalue weighted by molar-refractivity contribution is -0.150. The molecule has 1 saturated heterocycles. The number of esters is 1. The molecule has 2 atom stereocenters. The third-order valence-electron chi connectivity index (χ3n) is 2.62. The summed E-state index contributed by atoms with van der Waals surface area (Å²) in [4.78, 5) is 13.6. The molecule has 0 aliphatic carbocycles. The van der Waals surface area contributed by atoms with E-state index in [9.17, 15) is 4.79 Å². The second kappa shape index (κ2) is 4.61. The molecule has 0 amide bonds. The zero-order valence-electron chi connectivity index (χ0n) is 8.75. The van der Waals surface area contributed by atoms with E-state index in [0.29, 0.717) is 12.5 Å². The smallest absolute Gasteiger partial charge is 0.323 e. The second-order valence-corrected chi connectivity index (χ2v) is 3.89. The summed E-state index contributed by atoms with van der Waals surface area (Å²) in [6.45, 7) is 5.56. The van der Waals surface area contributed by atoms with E-state index in [1.165, 1.54) is 0 Å². The maximum Gasteiger partial charge on any atom is 0.323 e. The van der Waals surface area contributed by atoms with Gasteiger partial charge in [-0.1, -0.05) is 6.92 Å². The van der Waals surface area contributed by atoms with Crippen LogP contribution in [0.5, 0.6) is 0 Å². The molecule has 0 saturated carbocycles. The van der Waals surface area contributed by atoms with Crippen molar-refractivity contribution in [3.8, 4) is 0 Å². The molecule has 0 N–H and O–H groups in total. The summed E-state index contributed by atoms with van der Waals surface area (Å²) >= 11 is 0. The number of carbonyl (C=O) groups excluding carboxylic acids is 1. The van der Waals surface area contributed by atoms with Crippen molar-refractivity contribution in [2.45, 2.75) is 32.7 Å². The average Bonchev–Trinajstić information content (AvgIpc) is 2.04. The van der Waals surface area contributed by atoms with Crippen LogP contribution in [-0.4, -0.2) is 37.1 Å². The predicted octanol–water partition coefficient (Wildman–Crippen LogP) is 1.28. The second-order valence-electron chi connectivity index (χ2n) is 3.89. The van der Waals surface area contributed by atoms with Crippen LogP contribution in [0.25, 0.3) is 0 Å². The molecule has 1 rings (SSSR count). The number of hydrogen-bond donors (Lipinski definition) is 0. The largest absolute Gasteiger partial charge is 0.465 e. The Balaban J connectivity index is 2.45. The lowest BCUT2D eigenvalue weighted by Gasteiger charge is -2.33. The van der Waals surface area contributed by atoms with Crippen LogP contribution in [0.3, 0.4) is 0 Å². The molecule has 1 aliphatic heterocycles. The topological polar surface area (TPSA) is 29.5 Å². The normalized spacial score (nSPS) is 30.1. The van der Waals surface area contributed by atoms with Crippen LogP contribution in [0.4, 0.5) is 0 Å². The quantitative estimate of drug-likeness (QED) is 0.607. The zero-order valence-corrected chi connectivity index (χ0v) is 8.75. The minimum absolute atomic E-state index is 0.00356. The monoisotopic (exact) mass is 185 g/mol. The van der Waals surface area contributed by atoms with Gasteiger partial charge in [-0.25, -0.2) is 0 Å². The van der Waals surface area contributed by atoms with Crippen molar-refractivity contribution in [1.29, 1.82) is 0 Å². The number of rotatable bonds is 2. The lowest BCUT2D eigenvalue weighted by atomic mass is 9.95. The van der Waals surface area contributed by atoms with Crippen LogP contribution in [0.15, 0.2) is 0 Å². The Labute approximate surface area is 80.1 Å². The first kappa shape index (κ1) is 10.5. The first-order valence-corrected chi connectivity index (χ1v) is 5.02. The molecule has 0 radical (unpaired) electrons. The average molecular weight is 185 g/mol. The molecule has 0 aromatic carbocycles. The maximum atomic E-state index is 11.5. The molecule has 2 unspecified atom stereocenters. The summed E-state index contributed by atoms with van der Waals surface area (Å²) in [5, 5.41) is 0. The fourth-order valence-corrected chi connectivity index (χ4v) is 1.91. The highest BCUT2D eigenvalue weighted by atomic mass is 16.5. The third-order valence-corrected chi connectivity index (χ3v) is 2.62. The molecule has 1 fully saturated rings. The van der Waals surface area contributed by atoms with Gasteiger partial charge in [0.15, 0.2) is 0 Å². The number of nitrogens with zero attached hydrogens (tertiary/aromatic N) is 1. The van der Waals surface area contributed by atoms with E-state index in [-0.39, 0.29) is 12.0 Å². The molecular formula is C10H19NO2. The van der Waals surface area contributed by atoms with E-state index >= 15 is 0 Å². The molecular weight excluding hydrogens is 166 g/mol. The van der Waals surface area contributed by atoms with E-state index in [4.69, 9.17) is 4.74 Å². The molecule has 76 valence electrons. The molecule has 3 nitrogen and oxygen atoms in total. The summed E-state index contributed by atoms with van der Waals surface area (Å²) < 4.78 is 5.01. The van der Waals surface area contributed by atoms with Crippen LogP contribution < -0.4 is 0 Å². The fraction of sp³-hybridized carbons (Fsp3) is 0.900. The van der Waals surface area contributed by atoms with Gasteiger partial charge in [0, 0.05) is 6.54 Å². The fourth-order valence-electron chi connectivity index (χ4n) is 1.91. The van der Waals surface area contributed by atoms with Crippen molar-refractivity contribution in [3.63, 3.8) is 0 Å². The molecule has 3 heteroatoms. The molecule has 1 aliphatic rings. The molecule has 0 spiro atoms. The summed E-state index contributed by atoms with van der Waals surface area (Å²) in [5.41, 5.74) is 0. The van der Waals surface area contributed by atoms with Gasteiger partial charge < -0.3 is 4.74 Å². The van der Waals surface area contributed by atoms with Crippen LogP contribution in [0.1, 0.15) is 26.7 Å². The molecule has 1 heterocycles. The molecule has 0 aromatic heterocycles. The number of carbonyl (C=O) groups is 1. The van der Waals surface area contributed by atoms with Gasteiger partial charge in [0.1, 0.15) is 6.04 Å². The van der Waals surface area contributed by atoms with Crippen molar-refractivity contribution in [2.24, 2.45) is 5.92 Å². The molecule has 0 bridgehead atoms. The van der Waals surface area contributed by atoms with Crippen molar-refractivity contribution >= 4 is 5.97 Å². The van der Waals surface area contributed by atoms with Gasteiger partial charge in [0.2, 0.25) is 0 Å². The number of hydrogen-bond acceptors (Lipinski definition) is 3. The highest BCUT2D eigenvalue weighted by molar-refractivity contribution is 5.75. The van der Waals surface area contributed by atoms with E-state index in [2.05, 4.69) is 11.8 Å². The van der Waals surface area contributed by atoms with Gasteiger partial charge in [-0.2, -0.15) is 0 Å². The van der Waals surface area contributed by atoms with Crippen molar-refractivity contribution in [1.82, 2.24) is 4.90 Å². The minimum Gasteiger partial charge on any atom is -0.465 e. The van der Waals surface area contributed by atoms with E-state index in [0.717, 1.165) is 19.4 Å². The number of likely N-dealkylation sites (tertiary alicyclic amines) is 1. The van der Waals surface area contributed by atoms with Gasteiger partial charge in [-0.15, -0.1) is 0 Å². The minimum atomic E-state index is -0.0584. The van der Waals surface area contributed by atoms with Gasteiger partial charge in [0.05, 0.1) is 6.61 Å². The Hall–Kier alpha value is -0.570. The standard InChI is InChI=1S/C10H19NO2/c1-4-13-10(12)9-6-5-8(2)7-11(9)3/h8-9H,4-7H2,1-3H3. The number of piperidine rings is 1. The van der Waals surface area contributed by atoms with Crippen molar-refractivity contribution in [2.75, 3.05) is 20.2 Å². The Bertz CT molecular complexity index is 182. The first-order chi connectivity index (χ1) is 6.15. The Kier molecular flexibility index (Phi) is 3.72. The zero-order chi connectivity index (χ0) is 9.84. The van der Waals surface area contributed by atoms with Crippen LogP contribution in [0.2, 0.25) is 0 Å². The number of ether oxygens (including phenoxy) is 1. The Morgan fingerprint density at radius 3 is 2.77 bits per heavy atom. The van der Waals surface area contributed by atoms with E-state index in [1.807, 2.05) is 14.0 Å².